The maximum absolute atomic E-state index is 13.3. The lowest BCUT2D eigenvalue weighted by Gasteiger charge is -2.09. The highest BCUT2D eigenvalue weighted by atomic mass is 19.1. The van der Waals surface area contributed by atoms with Crippen LogP contribution < -0.4 is 10.1 Å². The number of hydrogen-bond donors (Lipinski definition) is 1. The Morgan fingerprint density at radius 1 is 1.14 bits per heavy atom. The molecule has 29 heavy (non-hydrogen) atoms. The summed E-state index contributed by atoms with van der Waals surface area (Å²) in [6.45, 7) is 2.11. The molecule has 0 aliphatic heterocycles. The third-order valence-corrected chi connectivity index (χ3v) is 4.61. The van der Waals surface area contributed by atoms with Crippen LogP contribution in [0.15, 0.2) is 59.1 Å². The van der Waals surface area contributed by atoms with E-state index in [9.17, 15) is 9.18 Å². The Morgan fingerprint density at radius 2 is 1.86 bits per heavy atom. The third kappa shape index (κ3) is 3.80. The summed E-state index contributed by atoms with van der Waals surface area (Å²) in [7, 11) is 1.60. The lowest BCUT2D eigenvalue weighted by atomic mass is 10.0. The van der Waals surface area contributed by atoms with Crippen LogP contribution in [0.4, 0.5) is 4.39 Å². The van der Waals surface area contributed by atoms with Crippen LogP contribution in [0, 0.1) is 12.7 Å². The number of rotatable bonds is 5. The van der Waals surface area contributed by atoms with E-state index < -0.39 is 0 Å². The number of pyridine rings is 1. The van der Waals surface area contributed by atoms with Crippen LogP contribution in [-0.2, 0) is 6.54 Å². The Balaban J connectivity index is 1.66. The van der Waals surface area contributed by atoms with Crippen LogP contribution >= 0.6 is 0 Å². The van der Waals surface area contributed by atoms with Gasteiger partial charge in [0.05, 0.1) is 29.4 Å². The number of nitrogens with zero attached hydrogens (tertiary/aromatic N) is 2. The van der Waals surface area contributed by atoms with Crippen molar-refractivity contribution in [3.05, 3.63) is 77.2 Å². The molecule has 0 unspecified atom stereocenters. The zero-order chi connectivity index (χ0) is 20.4. The highest BCUT2D eigenvalue weighted by Gasteiger charge is 2.19. The summed E-state index contributed by atoms with van der Waals surface area (Å²) in [5.41, 5.74) is 3.35. The molecule has 0 aliphatic rings. The number of aryl methyl sites for hydroxylation is 1. The fourth-order valence-electron chi connectivity index (χ4n) is 3.06. The Bertz CT molecular complexity index is 1170. The second kappa shape index (κ2) is 7.71. The standard InChI is InChI=1S/C22H18FN3O3/c1-13-20-18(21(27)24-12-14-3-9-17(28-2)10-4-14)11-19(25-22(20)29-26-13)15-5-7-16(23)8-6-15/h3-11H,12H2,1-2H3,(H,24,27). The van der Waals surface area contributed by atoms with Gasteiger partial charge in [0, 0.05) is 12.1 Å². The van der Waals surface area contributed by atoms with Crippen molar-refractivity contribution in [2.45, 2.75) is 13.5 Å². The number of carbonyl (C=O) groups is 1. The third-order valence-electron chi connectivity index (χ3n) is 4.61. The fraction of sp³-hybridized carbons (Fsp3) is 0.136. The predicted molar refractivity (Wildman–Crippen MR) is 106 cm³/mol. The number of fused-ring (bicyclic) bond motifs is 1. The molecular formula is C22H18FN3O3. The number of amides is 1. The average molecular weight is 391 g/mol. The first-order valence-corrected chi connectivity index (χ1v) is 8.99. The van der Waals surface area contributed by atoms with Crippen LogP contribution in [-0.4, -0.2) is 23.2 Å². The molecule has 0 aliphatic carbocycles. The molecule has 0 saturated heterocycles. The molecule has 7 heteroatoms. The number of benzene rings is 2. The largest absolute Gasteiger partial charge is 0.497 e. The molecule has 6 nitrogen and oxygen atoms in total. The second-order valence-corrected chi connectivity index (χ2v) is 6.54. The lowest BCUT2D eigenvalue weighted by molar-refractivity contribution is 0.0952. The molecule has 2 aromatic heterocycles. The minimum atomic E-state index is -0.345. The molecule has 0 spiro atoms. The van der Waals surface area contributed by atoms with Gasteiger partial charge in [-0.3, -0.25) is 4.79 Å². The van der Waals surface area contributed by atoms with Crippen molar-refractivity contribution in [1.29, 1.82) is 0 Å². The summed E-state index contributed by atoms with van der Waals surface area (Å²) in [5.74, 6) is 0.130. The van der Waals surface area contributed by atoms with Gasteiger partial charge >= 0.3 is 0 Å². The minimum Gasteiger partial charge on any atom is -0.497 e. The first-order valence-electron chi connectivity index (χ1n) is 8.99. The molecule has 1 amide bonds. The number of nitrogens with one attached hydrogen (secondary N) is 1. The van der Waals surface area contributed by atoms with E-state index >= 15 is 0 Å². The topological polar surface area (TPSA) is 77.2 Å². The quantitative estimate of drug-likeness (QED) is 0.550. The molecule has 0 bridgehead atoms. The highest BCUT2D eigenvalue weighted by Crippen LogP contribution is 2.27. The fourth-order valence-corrected chi connectivity index (χ4v) is 3.06. The first kappa shape index (κ1) is 18.6. The van der Waals surface area contributed by atoms with Crippen molar-refractivity contribution in [2.75, 3.05) is 7.11 Å². The van der Waals surface area contributed by atoms with Crippen LogP contribution in [0.5, 0.6) is 5.75 Å². The van der Waals surface area contributed by atoms with Crippen molar-refractivity contribution in [1.82, 2.24) is 15.5 Å². The molecule has 0 fully saturated rings. The summed E-state index contributed by atoms with van der Waals surface area (Å²) in [5, 5.41) is 7.40. The summed E-state index contributed by atoms with van der Waals surface area (Å²) < 4.78 is 23.7. The van der Waals surface area contributed by atoms with Gasteiger partial charge in [-0.05, 0) is 55.0 Å². The van der Waals surface area contributed by atoms with Gasteiger partial charge in [0.15, 0.2) is 0 Å². The van der Waals surface area contributed by atoms with E-state index in [-0.39, 0.29) is 17.4 Å². The number of carbonyl (C=O) groups excluding carboxylic acids is 1. The van der Waals surface area contributed by atoms with E-state index in [0.717, 1.165) is 11.3 Å². The molecule has 4 aromatic rings. The number of aromatic nitrogens is 2. The number of methoxy groups -OCH3 is 1. The monoisotopic (exact) mass is 391 g/mol. The predicted octanol–water partition coefficient (Wildman–Crippen LogP) is 4.28. The van der Waals surface area contributed by atoms with Crippen molar-refractivity contribution >= 4 is 17.0 Å². The van der Waals surface area contributed by atoms with Crippen LogP contribution in [0.2, 0.25) is 0 Å². The van der Waals surface area contributed by atoms with Crippen molar-refractivity contribution in [2.24, 2.45) is 0 Å². The average Bonchev–Trinajstić information content (AvgIpc) is 3.13. The SMILES string of the molecule is COc1ccc(CNC(=O)c2cc(-c3ccc(F)cc3)nc3onc(C)c23)cc1. The summed E-state index contributed by atoms with van der Waals surface area (Å²) in [4.78, 5) is 17.4. The molecule has 146 valence electrons. The van der Waals surface area contributed by atoms with Gasteiger partial charge in [-0.2, -0.15) is 0 Å². The molecule has 2 aromatic carbocycles. The van der Waals surface area contributed by atoms with E-state index in [1.165, 1.54) is 12.1 Å². The highest BCUT2D eigenvalue weighted by molar-refractivity contribution is 6.06. The molecule has 0 saturated carbocycles. The molecular weight excluding hydrogens is 373 g/mol. The molecule has 2 heterocycles. The van der Waals surface area contributed by atoms with Gasteiger partial charge in [0.2, 0.25) is 0 Å². The van der Waals surface area contributed by atoms with Crippen LogP contribution in [0.1, 0.15) is 21.6 Å². The van der Waals surface area contributed by atoms with E-state index in [2.05, 4.69) is 15.5 Å². The van der Waals surface area contributed by atoms with Gasteiger partial charge in [-0.15, -0.1) is 0 Å². The maximum Gasteiger partial charge on any atom is 0.259 e. The van der Waals surface area contributed by atoms with Gasteiger partial charge in [0.25, 0.3) is 11.6 Å². The second-order valence-electron chi connectivity index (χ2n) is 6.54. The molecule has 1 N–H and O–H groups in total. The molecule has 0 atom stereocenters. The number of hydrogen-bond acceptors (Lipinski definition) is 5. The Hall–Kier alpha value is -3.74. The van der Waals surface area contributed by atoms with Gasteiger partial charge < -0.3 is 14.6 Å². The lowest BCUT2D eigenvalue weighted by Crippen LogP contribution is -2.23. The minimum absolute atomic E-state index is 0.263. The Labute approximate surface area is 166 Å². The van der Waals surface area contributed by atoms with Crippen LogP contribution in [0.3, 0.4) is 0 Å². The van der Waals surface area contributed by atoms with Crippen molar-refractivity contribution < 1.29 is 18.4 Å². The van der Waals surface area contributed by atoms with E-state index in [4.69, 9.17) is 9.26 Å². The van der Waals surface area contributed by atoms with E-state index in [0.29, 0.717) is 34.4 Å². The Morgan fingerprint density at radius 3 is 2.55 bits per heavy atom. The van der Waals surface area contributed by atoms with Gasteiger partial charge in [0.1, 0.15) is 11.6 Å². The Kier molecular flexibility index (Phi) is 4.95. The van der Waals surface area contributed by atoms with E-state index in [1.807, 2.05) is 24.3 Å². The van der Waals surface area contributed by atoms with Crippen LogP contribution in [0.25, 0.3) is 22.4 Å². The maximum atomic E-state index is 13.3. The summed E-state index contributed by atoms with van der Waals surface area (Å²) in [6, 6.07) is 15.0. The number of ether oxygens (including phenoxy) is 1. The zero-order valence-corrected chi connectivity index (χ0v) is 15.9. The first-order chi connectivity index (χ1) is 14.0. The molecule has 0 radical (unpaired) electrons. The zero-order valence-electron chi connectivity index (χ0n) is 15.9. The van der Waals surface area contributed by atoms with Crippen molar-refractivity contribution in [3.8, 4) is 17.0 Å². The molecule has 4 rings (SSSR count). The van der Waals surface area contributed by atoms with Gasteiger partial charge in [-0.1, -0.05) is 17.3 Å². The van der Waals surface area contributed by atoms with Crippen molar-refractivity contribution in [3.63, 3.8) is 0 Å². The van der Waals surface area contributed by atoms with E-state index in [1.54, 1.807) is 32.2 Å². The number of halogens is 1. The normalized spacial score (nSPS) is 10.9. The van der Waals surface area contributed by atoms with Gasteiger partial charge in [-0.25, -0.2) is 9.37 Å². The summed E-state index contributed by atoms with van der Waals surface area (Å²) >= 11 is 0. The smallest absolute Gasteiger partial charge is 0.259 e. The summed E-state index contributed by atoms with van der Waals surface area (Å²) in [6.07, 6.45) is 0.